The molecule has 0 aliphatic carbocycles. The van der Waals surface area contributed by atoms with Gasteiger partial charge >= 0.3 is 5.97 Å². The Bertz CT molecular complexity index is 533. The lowest BCUT2D eigenvalue weighted by Crippen LogP contribution is -2.48. The number of hydrogen-bond acceptors (Lipinski definition) is 5. The normalized spacial score (nSPS) is 22.9. The van der Waals surface area contributed by atoms with Crippen LogP contribution in [-0.4, -0.2) is 47.1 Å². The fourth-order valence-electron chi connectivity index (χ4n) is 2.63. The van der Waals surface area contributed by atoms with Crippen molar-refractivity contribution in [2.45, 2.75) is 39.2 Å². The Hall–Kier alpha value is -1.69. The van der Waals surface area contributed by atoms with Crippen molar-refractivity contribution < 1.29 is 14.6 Å². The van der Waals surface area contributed by atoms with Gasteiger partial charge in [-0.3, -0.25) is 0 Å². The van der Waals surface area contributed by atoms with E-state index >= 15 is 0 Å². The van der Waals surface area contributed by atoms with E-state index in [1.54, 1.807) is 21.0 Å². The molecule has 0 bridgehead atoms. The van der Waals surface area contributed by atoms with Crippen molar-refractivity contribution in [2.24, 2.45) is 0 Å². The number of piperidine rings is 1. The van der Waals surface area contributed by atoms with Gasteiger partial charge in [0.1, 0.15) is 5.56 Å². The van der Waals surface area contributed by atoms with Crippen LogP contribution in [0.5, 0.6) is 0 Å². The summed E-state index contributed by atoms with van der Waals surface area (Å²) in [6.07, 6.45) is 1.90. The van der Waals surface area contributed by atoms with Crippen molar-refractivity contribution in [1.82, 2.24) is 10.2 Å². The average molecular weight is 279 g/mol. The van der Waals surface area contributed by atoms with Gasteiger partial charge in [0.05, 0.1) is 11.3 Å². The number of aryl methyl sites for hydroxylation is 1. The van der Waals surface area contributed by atoms with Gasteiger partial charge in [-0.05, 0) is 39.2 Å². The van der Waals surface area contributed by atoms with Gasteiger partial charge in [0, 0.05) is 20.2 Å². The fraction of sp³-hybridized carbons (Fsp3) is 0.643. The zero-order valence-electron chi connectivity index (χ0n) is 12.4. The lowest BCUT2D eigenvalue weighted by atomic mass is 9.94. The molecule has 1 unspecified atom stereocenters. The summed E-state index contributed by atoms with van der Waals surface area (Å²) in [4.78, 5) is 13.5. The molecule has 0 amide bonds. The Morgan fingerprint density at radius 2 is 2.10 bits per heavy atom. The summed E-state index contributed by atoms with van der Waals surface area (Å²) >= 11 is 0. The first kappa shape index (κ1) is 14.7. The first-order chi connectivity index (χ1) is 9.38. The number of carboxylic acids is 1. The van der Waals surface area contributed by atoms with Gasteiger partial charge < -0.3 is 14.7 Å². The van der Waals surface area contributed by atoms with Gasteiger partial charge in [-0.2, -0.15) is 5.10 Å². The van der Waals surface area contributed by atoms with Gasteiger partial charge in [-0.1, -0.05) is 0 Å². The molecule has 1 aliphatic rings. The Balaban J connectivity index is 2.42. The molecule has 2 rings (SSSR count). The van der Waals surface area contributed by atoms with E-state index in [-0.39, 0.29) is 11.2 Å². The highest BCUT2D eigenvalue weighted by atomic mass is 16.5. The number of methoxy groups -OCH3 is 1. The van der Waals surface area contributed by atoms with Crippen LogP contribution in [0.4, 0.5) is 5.82 Å². The summed E-state index contributed by atoms with van der Waals surface area (Å²) in [6, 6.07) is 0. The Labute approximate surface area is 118 Å². The van der Waals surface area contributed by atoms with Crippen molar-refractivity contribution >= 4 is 11.8 Å². The van der Waals surface area contributed by atoms with Crippen molar-refractivity contribution in [3.05, 3.63) is 16.8 Å². The minimum Gasteiger partial charge on any atom is -0.478 e. The van der Waals surface area contributed by atoms with E-state index in [2.05, 4.69) is 10.2 Å². The summed E-state index contributed by atoms with van der Waals surface area (Å²) in [6.45, 7) is 6.98. The summed E-state index contributed by atoms with van der Waals surface area (Å²) in [5.74, 6) is -0.510. The van der Waals surface area contributed by atoms with E-state index in [0.717, 1.165) is 19.4 Å². The predicted octanol–water partition coefficient (Wildman–Crippen LogP) is 1.80. The highest BCUT2D eigenvalue weighted by Gasteiger charge is 2.33. The standard InChI is InChI=1S/C14H21N3O3/c1-9-10(2)15-16-12(11(9)13(18)19)17-7-5-6-14(3,8-17)20-4/h5-8H2,1-4H3,(H,18,19). The van der Waals surface area contributed by atoms with Crippen LogP contribution < -0.4 is 4.90 Å². The molecule has 6 heteroatoms. The second-order valence-electron chi connectivity index (χ2n) is 5.59. The largest absolute Gasteiger partial charge is 0.478 e. The van der Waals surface area contributed by atoms with Gasteiger partial charge in [0.2, 0.25) is 0 Å². The number of rotatable bonds is 3. The van der Waals surface area contributed by atoms with Crippen LogP contribution >= 0.6 is 0 Å². The molecule has 1 aromatic rings. The molecule has 0 aromatic carbocycles. The highest BCUT2D eigenvalue weighted by Crippen LogP contribution is 2.30. The van der Waals surface area contributed by atoms with Crippen LogP contribution in [0.3, 0.4) is 0 Å². The maximum absolute atomic E-state index is 11.5. The maximum atomic E-state index is 11.5. The minimum atomic E-state index is -0.958. The first-order valence-electron chi connectivity index (χ1n) is 6.75. The smallest absolute Gasteiger partial charge is 0.339 e. The zero-order chi connectivity index (χ0) is 14.9. The average Bonchev–Trinajstić information content (AvgIpc) is 2.41. The van der Waals surface area contributed by atoms with Crippen LogP contribution in [-0.2, 0) is 4.74 Å². The monoisotopic (exact) mass is 279 g/mol. The number of carboxylic acid groups (broad SMARTS) is 1. The van der Waals surface area contributed by atoms with E-state index in [0.29, 0.717) is 23.6 Å². The van der Waals surface area contributed by atoms with E-state index in [1.807, 2.05) is 11.8 Å². The fourth-order valence-corrected chi connectivity index (χ4v) is 2.63. The van der Waals surface area contributed by atoms with Gasteiger partial charge in [0.15, 0.2) is 5.82 Å². The van der Waals surface area contributed by atoms with Gasteiger partial charge in [-0.15, -0.1) is 5.10 Å². The lowest BCUT2D eigenvalue weighted by molar-refractivity contribution is -0.00492. The van der Waals surface area contributed by atoms with Crippen LogP contribution in [0, 0.1) is 13.8 Å². The van der Waals surface area contributed by atoms with Crippen LogP contribution in [0.1, 0.15) is 41.4 Å². The number of aromatic carboxylic acids is 1. The number of hydrogen-bond donors (Lipinski definition) is 1. The third-order valence-corrected chi connectivity index (χ3v) is 4.10. The Morgan fingerprint density at radius 3 is 2.70 bits per heavy atom. The molecule has 1 atom stereocenters. The second kappa shape index (κ2) is 5.36. The van der Waals surface area contributed by atoms with Crippen LogP contribution in [0.25, 0.3) is 0 Å². The molecule has 1 aliphatic heterocycles. The molecule has 110 valence electrons. The highest BCUT2D eigenvalue weighted by molar-refractivity contribution is 5.95. The Morgan fingerprint density at radius 1 is 1.40 bits per heavy atom. The summed E-state index contributed by atoms with van der Waals surface area (Å²) < 4.78 is 5.55. The van der Waals surface area contributed by atoms with Crippen molar-refractivity contribution in [3.63, 3.8) is 0 Å². The first-order valence-corrected chi connectivity index (χ1v) is 6.75. The van der Waals surface area contributed by atoms with Crippen molar-refractivity contribution in [3.8, 4) is 0 Å². The maximum Gasteiger partial charge on any atom is 0.339 e. The molecule has 6 nitrogen and oxygen atoms in total. The van der Waals surface area contributed by atoms with Crippen LogP contribution in [0.15, 0.2) is 0 Å². The number of ether oxygens (including phenoxy) is 1. The third-order valence-electron chi connectivity index (χ3n) is 4.10. The number of carbonyl (C=O) groups is 1. The molecule has 0 saturated carbocycles. The number of nitrogens with zero attached hydrogens (tertiary/aromatic N) is 3. The lowest BCUT2D eigenvalue weighted by Gasteiger charge is -2.40. The second-order valence-corrected chi connectivity index (χ2v) is 5.59. The molecule has 0 spiro atoms. The number of anilines is 1. The summed E-state index contributed by atoms with van der Waals surface area (Å²) in [5.41, 5.74) is 1.30. The Kier molecular flexibility index (Phi) is 3.94. The van der Waals surface area contributed by atoms with E-state index in [9.17, 15) is 9.90 Å². The van der Waals surface area contributed by atoms with E-state index in [1.165, 1.54) is 0 Å². The summed E-state index contributed by atoms with van der Waals surface area (Å²) in [5, 5.41) is 17.7. The molecule has 0 radical (unpaired) electrons. The molecule has 1 N–H and O–H groups in total. The summed E-state index contributed by atoms with van der Waals surface area (Å²) in [7, 11) is 1.69. The van der Waals surface area contributed by atoms with E-state index < -0.39 is 5.97 Å². The molecule has 1 aromatic heterocycles. The molecule has 1 saturated heterocycles. The molecule has 1 fully saturated rings. The van der Waals surface area contributed by atoms with Gasteiger partial charge in [0.25, 0.3) is 0 Å². The molecular weight excluding hydrogens is 258 g/mol. The van der Waals surface area contributed by atoms with Crippen molar-refractivity contribution in [2.75, 3.05) is 25.1 Å². The van der Waals surface area contributed by atoms with Gasteiger partial charge in [-0.25, -0.2) is 4.79 Å². The number of aromatic nitrogens is 2. The SMILES string of the molecule is COC1(C)CCCN(c2nnc(C)c(C)c2C(=O)O)C1. The minimum absolute atomic E-state index is 0.248. The topological polar surface area (TPSA) is 75.5 Å². The molecular formula is C14H21N3O3. The third kappa shape index (κ3) is 2.60. The predicted molar refractivity (Wildman–Crippen MR) is 75.3 cm³/mol. The zero-order valence-corrected chi connectivity index (χ0v) is 12.4. The molecule has 2 heterocycles. The van der Waals surface area contributed by atoms with Crippen molar-refractivity contribution in [1.29, 1.82) is 0 Å². The van der Waals surface area contributed by atoms with Crippen LogP contribution in [0.2, 0.25) is 0 Å². The van der Waals surface area contributed by atoms with E-state index in [4.69, 9.17) is 4.74 Å². The quantitative estimate of drug-likeness (QED) is 0.909. The molecule has 20 heavy (non-hydrogen) atoms.